The van der Waals surface area contributed by atoms with Gasteiger partial charge in [0.25, 0.3) is 0 Å². The van der Waals surface area contributed by atoms with Gasteiger partial charge in [-0.15, -0.1) is 0 Å². The van der Waals surface area contributed by atoms with Gasteiger partial charge in [-0.05, 0) is 56.9 Å². The summed E-state index contributed by atoms with van der Waals surface area (Å²) in [6.45, 7) is 2.85. The van der Waals surface area contributed by atoms with Crippen LogP contribution in [0.4, 0.5) is 0 Å². The van der Waals surface area contributed by atoms with Crippen LogP contribution in [0.5, 0.6) is 5.75 Å². The van der Waals surface area contributed by atoms with Crippen molar-refractivity contribution in [3.63, 3.8) is 0 Å². The monoisotopic (exact) mass is 397 g/mol. The van der Waals surface area contributed by atoms with Gasteiger partial charge in [-0.2, -0.15) is 0 Å². The number of likely N-dealkylation sites (tertiary alicyclic amines) is 1. The number of nitrogens with zero attached hydrogens (tertiary/aromatic N) is 1. The van der Waals surface area contributed by atoms with Crippen molar-refractivity contribution < 1.29 is 27.9 Å². The molecule has 0 spiro atoms. The molecular formula is C19H27NO6S. The second kappa shape index (κ2) is 9.21. The Morgan fingerprint density at radius 3 is 2.48 bits per heavy atom. The lowest BCUT2D eigenvalue weighted by molar-refractivity contribution is -0.149. The molecule has 0 aliphatic carbocycles. The Morgan fingerprint density at radius 2 is 1.89 bits per heavy atom. The maximum atomic E-state index is 12.4. The van der Waals surface area contributed by atoms with Gasteiger partial charge in [0.1, 0.15) is 5.75 Å². The van der Waals surface area contributed by atoms with E-state index in [0.29, 0.717) is 44.6 Å². The molecule has 8 heteroatoms. The van der Waals surface area contributed by atoms with Crippen molar-refractivity contribution >= 4 is 21.7 Å². The van der Waals surface area contributed by atoms with Crippen molar-refractivity contribution in [1.82, 2.24) is 4.90 Å². The summed E-state index contributed by atoms with van der Waals surface area (Å²) in [4.78, 5) is 25.6. The SMILES string of the molecule is C[C@@H]1[C@H](C(=O)O)CCCN1C(=O)CCCCOc1ccc(S(C)(=O)=O)cc1. The highest BCUT2D eigenvalue weighted by atomic mass is 32.2. The van der Waals surface area contributed by atoms with E-state index >= 15 is 0 Å². The fourth-order valence-electron chi connectivity index (χ4n) is 3.32. The van der Waals surface area contributed by atoms with E-state index < -0.39 is 21.7 Å². The maximum Gasteiger partial charge on any atom is 0.308 e. The number of carboxylic acids is 1. The average Bonchev–Trinajstić information content (AvgIpc) is 2.60. The van der Waals surface area contributed by atoms with Crippen LogP contribution < -0.4 is 4.74 Å². The molecule has 7 nitrogen and oxygen atoms in total. The van der Waals surface area contributed by atoms with E-state index in [-0.39, 0.29) is 16.8 Å². The first-order valence-corrected chi connectivity index (χ1v) is 11.0. The number of ether oxygens (including phenoxy) is 1. The van der Waals surface area contributed by atoms with E-state index in [2.05, 4.69) is 0 Å². The predicted molar refractivity (Wildman–Crippen MR) is 100 cm³/mol. The van der Waals surface area contributed by atoms with Crippen molar-refractivity contribution in [1.29, 1.82) is 0 Å². The lowest BCUT2D eigenvalue weighted by Gasteiger charge is -2.37. The summed E-state index contributed by atoms with van der Waals surface area (Å²) in [6, 6.07) is 5.97. The predicted octanol–water partition coefficient (Wildman–Crippen LogP) is 2.35. The van der Waals surface area contributed by atoms with Crippen LogP contribution in [-0.4, -0.2) is 55.7 Å². The quantitative estimate of drug-likeness (QED) is 0.676. The first-order valence-electron chi connectivity index (χ1n) is 9.15. The summed E-state index contributed by atoms with van der Waals surface area (Å²) in [5.74, 6) is -0.745. The molecular weight excluding hydrogens is 370 g/mol. The summed E-state index contributed by atoms with van der Waals surface area (Å²) in [5.41, 5.74) is 0. The molecule has 1 saturated heterocycles. The second-order valence-corrected chi connectivity index (χ2v) is 8.98. The van der Waals surface area contributed by atoms with Crippen LogP contribution in [0.25, 0.3) is 0 Å². The number of hydrogen-bond donors (Lipinski definition) is 1. The van der Waals surface area contributed by atoms with Crippen molar-refractivity contribution in [2.75, 3.05) is 19.4 Å². The molecule has 1 aromatic rings. The average molecular weight is 397 g/mol. The van der Waals surface area contributed by atoms with Gasteiger partial charge in [0.2, 0.25) is 5.91 Å². The van der Waals surface area contributed by atoms with E-state index in [1.807, 2.05) is 0 Å². The maximum absolute atomic E-state index is 12.4. The molecule has 1 aromatic carbocycles. The van der Waals surface area contributed by atoms with Gasteiger partial charge in [-0.1, -0.05) is 0 Å². The number of unbranched alkanes of at least 4 members (excludes halogenated alkanes) is 1. The largest absolute Gasteiger partial charge is 0.494 e. The number of aliphatic carboxylic acids is 1. The molecule has 0 saturated carbocycles. The van der Waals surface area contributed by atoms with Crippen LogP contribution in [0.1, 0.15) is 39.0 Å². The minimum Gasteiger partial charge on any atom is -0.494 e. The van der Waals surface area contributed by atoms with Gasteiger partial charge in [0.15, 0.2) is 9.84 Å². The summed E-state index contributed by atoms with van der Waals surface area (Å²) in [5, 5.41) is 9.24. The highest BCUT2D eigenvalue weighted by Crippen LogP contribution is 2.24. The number of amides is 1. The number of carbonyl (C=O) groups excluding carboxylic acids is 1. The third-order valence-electron chi connectivity index (χ3n) is 4.93. The van der Waals surface area contributed by atoms with Crippen LogP contribution in [0.2, 0.25) is 0 Å². The number of carboxylic acid groups (broad SMARTS) is 1. The van der Waals surface area contributed by atoms with Crippen molar-refractivity contribution in [2.45, 2.75) is 50.0 Å². The van der Waals surface area contributed by atoms with Crippen LogP contribution in [0.3, 0.4) is 0 Å². The van der Waals surface area contributed by atoms with E-state index in [9.17, 15) is 23.1 Å². The van der Waals surface area contributed by atoms with Crippen molar-refractivity contribution in [2.24, 2.45) is 5.92 Å². The molecule has 0 aromatic heterocycles. The Kier molecular flexibility index (Phi) is 7.24. The molecule has 2 atom stereocenters. The third kappa shape index (κ3) is 5.95. The third-order valence-corrected chi connectivity index (χ3v) is 6.06. The van der Waals surface area contributed by atoms with Gasteiger partial charge >= 0.3 is 5.97 Å². The number of sulfone groups is 1. The smallest absolute Gasteiger partial charge is 0.308 e. The second-order valence-electron chi connectivity index (χ2n) is 6.96. The molecule has 1 amide bonds. The van der Waals surface area contributed by atoms with Crippen molar-refractivity contribution in [3.8, 4) is 5.75 Å². The summed E-state index contributed by atoms with van der Waals surface area (Å²) in [7, 11) is -3.22. The van der Waals surface area contributed by atoms with Crippen LogP contribution in [0.15, 0.2) is 29.2 Å². The van der Waals surface area contributed by atoms with Crippen LogP contribution in [0, 0.1) is 5.92 Å². The highest BCUT2D eigenvalue weighted by Gasteiger charge is 2.34. The number of piperidine rings is 1. The van der Waals surface area contributed by atoms with Gasteiger partial charge in [0, 0.05) is 25.3 Å². The standard InChI is InChI=1S/C19H27NO6S/c1-14-17(19(22)23)6-5-12-20(14)18(21)7-3-4-13-26-15-8-10-16(11-9-15)27(2,24)25/h8-11,14,17H,3-7,12-13H2,1-2H3,(H,22,23)/t14-,17-/m1/s1. The minimum absolute atomic E-state index is 0.00837. The summed E-state index contributed by atoms with van der Waals surface area (Å²) in [6.07, 6.45) is 4.20. The van der Waals surface area contributed by atoms with Crippen molar-refractivity contribution in [3.05, 3.63) is 24.3 Å². The zero-order valence-corrected chi connectivity index (χ0v) is 16.6. The van der Waals surface area contributed by atoms with Gasteiger partial charge < -0.3 is 14.7 Å². The first-order chi connectivity index (χ1) is 12.7. The summed E-state index contributed by atoms with van der Waals surface area (Å²) < 4.78 is 28.4. The highest BCUT2D eigenvalue weighted by molar-refractivity contribution is 7.90. The number of rotatable bonds is 8. The topological polar surface area (TPSA) is 101 Å². The normalized spacial score (nSPS) is 20.3. The van der Waals surface area contributed by atoms with Gasteiger partial charge in [-0.3, -0.25) is 9.59 Å². The zero-order valence-electron chi connectivity index (χ0n) is 15.8. The van der Waals surface area contributed by atoms with E-state index in [1.54, 1.807) is 24.0 Å². The lowest BCUT2D eigenvalue weighted by Crippen LogP contribution is -2.49. The molecule has 0 unspecified atom stereocenters. The van der Waals surface area contributed by atoms with E-state index in [1.165, 1.54) is 12.1 Å². The number of benzene rings is 1. The molecule has 0 radical (unpaired) electrons. The lowest BCUT2D eigenvalue weighted by atomic mass is 9.90. The fraction of sp³-hybridized carbons (Fsp3) is 0.579. The zero-order chi connectivity index (χ0) is 20.0. The summed E-state index contributed by atoms with van der Waals surface area (Å²) >= 11 is 0. The molecule has 1 aliphatic heterocycles. The molecule has 150 valence electrons. The van der Waals surface area contributed by atoms with Gasteiger partial charge in [-0.25, -0.2) is 8.42 Å². The fourth-order valence-corrected chi connectivity index (χ4v) is 3.95. The molecule has 27 heavy (non-hydrogen) atoms. The Bertz CT molecular complexity index is 759. The Balaban J connectivity index is 1.72. The van der Waals surface area contributed by atoms with E-state index in [0.717, 1.165) is 12.7 Å². The molecule has 1 aliphatic rings. The molecule has 0 bridgehead atoms. The first kappa shape index (κ1) is 21.2. The Morgan fingerprint density at radius 1 is 1.22 bits per heavy atom. The van der Waals surface area contributed by atoms with E-state index in [4.69, 9.17) is 4.74 Å². The molecule has 1 heterocycles. The molecule has 1 fully saturated rings. The Hall–Kier alpha value is -2.09. The van der Waals surface area contributed by atoms with Crippen LogP contribution >= 0.6 is 0 Å². The minimum atomic E-state index is -3.22. The van der Waals surface area contributed by atoms with Crippen LogP contribution in [-0.2, 0) is 19.4 Å². The molecule has 2 rings (SSSR count). The number of hydrogen-bond acceptors (Lipinski definition) is 5. The van der Waals surface area contributed by atoms with Gasteiger partial charge in [0.05, 0.1) is 17.4 Å². The Labute approximate surface area is 160 Å². The molecule has 1 N–H and O–H groups in total. The number of carbonyl (C=O) groups is 2.